The summed E-state index contributed by atoms with van der Waals surface area (Å²) in [6.07, 6.45) is 1.54. The Hall–Kier alpha value is -0.360. The average molecular weight is 363 g/mol. The Bertz CT molecular complexity index is 571. The van der Waals surface area contributed by atoms with Crippen molar-refractivity contribution in [2.24, 2.45) is 12.8 Å². The third-order valence-corrected chi connectivity index (χ3v) is 5.86. The van der Waals surface area contributed by atoms with Crippen LogP contribution in [-0.2, 0) is 19.9 Å². The lowest BCUT2D eigenvalue weighted by Crippen LogP contribution is -2.14. The molecule has 2 N–H and O–H groups in total. The zero-order chi connectivity index (χ0) is 14.2. The first-order chi connectivity index (χ1) is 8.93. The molecule has 0 fully saturated rings. The molecular formula is C13H17BrClN3S. The quantitative estimate of drug-likeness (QED) is 0.893. The molecule has 0 spiro atoms. The van der Waals surface area contributed by atoms with E-state index in [1.165, 1.54) is 10.4 Å². The van der Waals surface area contributed by atoms with Gasteiger partial charge in [-0.15, -0.1) is 11.3 Å². The Kier molecular flexibility index (Phi) is 4.71. The highest BCUT2D eigenvalue weighted by Gasteiger charge is 2.18. The molecular weight excluding hydrogens is 346 g/mol. The van der Waals surface area contributed by atoms with Gasteiger partial charge in [0.25, 0.3) is 0 Å². The molecule has 0 saturated carbocycles. The van der Waals surface area contributed by atoms with Crippen molar-refractivity contribution >= 4 is 38.9 Å². The smallest absolute Gasteiger partial charge is 0.0850 e. The average Bonchev–Trinajstić information content (AvgIpc) is 2.84. The molecule has 0 saturated heterocycles. The lowest BCUT2D eigenvalue weighted by atomic mass is 10.1. The van der Waals surface area contributed by atoms with E-state index < -0.39 is 0 Å². The van der Waals surface area contributed by atoms with Crippen molar-refractivity contribution in [2.45, 2.75) is 32.7 Å². The van der Waals surface area contributed by atoms with Gasteiger partial charge in [0.1, 0.15) is 0 Å². The van der Waals surface area contributed by atoms with E-state index in [-0.39, 0.29) is 6.04 Å². The number of hydrogen-bond acceptors (Lipinski definition) is 3. The minimum Gasteiger partial charge on any atom is -0.323 e. The predicted octanol–water partition coefficient (Wildman–Crippen LogP) is 4.01. The van der Waals surface area contributed by atoms with E-state index >= 15 is 0 Å². The highest BCUT2D eigenvalue weighted by Crippen LogP contribution is 2.33. The van der Waals surface area contributed by atoms with Crippen LogP contribution >= 0.6 is 38.9 Å². The zero-order valence-corrected chi connectivity index (χ0v) is 14.4. The maximum atomic E-state index is 6.35. The summed E-state index contributed by atoms with van der Waals surface area (Å²) in [7, 11) is 1.92. The molecule has 1 unspecified atom stereocenters. The van der Waals surface area contributed by atoms with Crippen LogP contribution in [0.4, 0.5) is 0 Å². The molecule has 0 bridgehead atoms. The minimum atomic E-state index is -0.0485. The highest BCUT2D eigenvalue weighted by molar-refractivity contribution is 9.11. The molecule has 2 rings (SSSR count). The van der Waals surface area contributed by atoms with Crippen LogP contribution in [0.2, 0.25) is 5.02 Å². The first kappa shape index (κ1) is 15.0. The second-order valence-corrected chi connectivity index (χ2v) is 7.38. The molecule has 0 aromatic carbocycles. The molecule has 6 heteroatoms. The molecule has 0 aliphatic carbocycles. The Morgan fingerprint density at radius 2 is 2.26 bits per heavy atom. The minimum absolute atomic E-state index is 0.0485. The van der Waals surface area contributed by atoms with Gasteiger partial charge in [-0.2, -0.15) is 5.10 Å². The first-order valence-electron chi connectivity index (χ1n) is 6.15. The van der Waals surface area contributed by atoms with Crippen LogP contribution in [0.25, 0.3) is 0 Å². The summed E-state index contributed by atoms with van der Waals surface area (Å²) in [4.78, 5) is 1.17. The van der Waals surface area contributed by atoms with Crippen LogP contribution in [0, 0.1) is 6.92 Å². The summed E-state index contributed by atoms with van der Waals surface area (Å²) < 4.78 is 2.99. The van der Waals surface area contributed by atoms with Gasteiger partial charge >= 0.3 is 0 Å². The fraction of sp³-hybridized carbons (Fsp3) is 0.462. The number of aryl methyl sites for hydroxylation is 3. The number of halogens is 2. The number of aromatic nitrogens is 2. The molecule has 104 valence electrons. The number of hydrogen-bond donors (Lipinski definition) is 1. The molecule has 2 aromatic rings. The van der Waals surface area contributed by atoms with E-state index in [4.69, 9.17) is 17.3 Å². The van der Waals surface area contributed by atoms with Crippen molar-refractivity contribution < 1.29 is 0 Å². The zero-order valence-electron chi connectivity index (χ0n) is 11.2. The Balaban J connectivity index is 2.23. The third kappa shape index (κ3) is 3.05. The largest absolute Gasteiger partial charge is 0.323 e. The van der Waals surface area contributed by atoms with Gasteiger partial charge in [0.05, 0.1) is 20.2 Å². The molecule has 0 radical (unpaired) electrons. The monoisotopic (exact) mass is 361 g/mol. The maximum Gasteiger partial charge on any atom is 0.0850 e. The SMILES string of the molecule is CCc1nn(C)c(CC(N)c2cc(C)c(Br)s2)c1Cl. The van der Waals surface area contributed by atoms with Crippen LogP contribution in [0.3, 0.4) is 0 Å². The van der Waals surface area contributed by atoms with E-state index in [1.807, 2.05) is 11.7 Å². The summed E-state index contributed by atoms with van der Waals surface area (Å²) in [6, 6.07) is 2.08. The molecule has 2 aromatic heterocycles. The van der Waals surface area contributed by atoms with Crippen molar-refractivity contribution in [1.82, 2.24) is 9.78 Å². The van der Waals surface area contributed by atoms with Crippen molar-refractivity contribution in [3.63, 3.8) is 0 Å². The highest BCUT2D eigenvalue weighted by atomic mass is 79.9. The summed E-state index contributed by atoms with van der Waals surface area (Å²) in [5.41, 5.74) is 9.46. The van der Waals surface area contributed by atoms with Gasteiger partial charge in [0, 0.05) is 24.4 Å². The van der Waals surface area contributed by atoms with Crippen LogP contribution in [0.5, 0.6) is 0 Å². The van der Waals surface area contributed by atoms with Crippen molar-refractivity contribution in [3.05, 3.63) is 36.7 Å². The van der Waals surface area contributed by atoms with Gasteiger partial charge in [0.15, 0.2) is 0 Å². The summed E-state index contributed by atoms with van der Waals surface area (Å²) >= 11 is 11.6. The lowest BCUT2D eigenvalue weighted by Gasteiger charge is -2.10. The van der Waals surface area contributed by atoms with Gasteiger partial charge in [-0.25, -0.2) is 0 Å². The standard InChI is InChI=1S/C13H17BrClN3S/c1-4-9-12(15)10(18(3)17-9)6-8(16)11-5-7(2)13(14)19-11/h5,8H,4,6,16H2,1-3H3. The van der Waals surface area contributed by atoms with Crippen molar-refractivity contribution in [2.75, 3.05) is 0 Å². The predicted molar refractivity (Wildman–Crippen MR) is 85.0 cm³/mol. The number of nitrogens with two attached hydrogens (primary N) is 1. The molecule has 3 nitrogen and oxygen atoms in total. The second kappa shape index (κ2) is 5.95. The van der Waals surface area contributed by atoms with E-state index in [0.29, 0.717) is 6.42 Å². The van der Waals surface area contributed by atoms with Gasteiger partial charge < -0.3 is 5.73 Å². The Labute approximate surface area is 130 Å². The molecule has 0 aliphatic heterocycles. The molecule has 1 atom stereocenters. The van der Waals surface area contributed by atoms with Gasteiger partial charge in [-0.1, -0.05) is 18.5 Å². The molecule has 2 heterocycles. The van der Waals surface area contributed by atoms with Crippen molar-refractivity contribution in [3.8, 4) is 0 Å². The molecule has 0 aliphatic rings. The van der Waals surface area contributed by atoms with Crippen LogP contribution in [0.1, 0.15) is 34.8 Å². The fourth-order valence-corrected chi connectivity index (χ4v) is 3.96. The van der Waals surface area contributed by atoms with E-state index in [2.05, 4.69) is 40.9 Å². The number of rotatable bonds is 4. The lowest BCUT2D eigenvalue weighted by molar-refractivity contribution is 0.644. The van der Waals surface area contributed by atoms with E-state index in [1.54, 1.807) is 11.3 Å². The van der Waals surface area contributed by atoms with Gasteiger partial charge in [0.2, 0.25) is 0 Å². The maximum absolute atomic E-state index is 6.35. The van der Waals surface area contributed by atoms with Crippen LogP contribution in [-0.4, -0.2) is 9.78 Å². The fourth-order valence-electron chi connectivity index (χ4n) is 2.02. The Morgan fingerprint density at radius 1 is 1.58 bits per heavy atom. The van der Waals surface area contributed by atoms with Crippen LogP contribution in [0.15, 0.2) is 9.85 Å². The topological polar surface area (TPSA) is 43.8 Å². The first-order valence-corrected chi connectivity index (χ1v) is 8.14. The van der Waals surface area contributed by atoms with Gasteiger partial charge in [-0.3, -0.25) is 4.68 Å². The number of nitrogens with zero attached hydrogens (tertiary/aromatic N) is 2. The summed E-state index contributed by atoms with van der Waals surface area (Å²) in [5, 5.41) is 5.18. The summed E-state index contributed by atoms with van der Waals surface area (Å²) in [5.74, 6) is 0. The molecule has 19 heavy (non-hydrogen) atoms. The third-order valence-electron chi connectivity index (χ3n) is 3.16. The number of thiophene rings is 1. The second-order valence-electron chi connectivity index (χ2n) is 4.60. The normalized spacial score (nSPS) is 12.9. The van der Waals surface area contributed by atoms with Crippen LogP contribution < -0.4 is 5.73 Å². The summed E-state index contributed by atoms with van der Waals surface area (Å²) in [6.45, 7) is 4.13. The molecule has 0 amide bonds. The van der Waals surface area contributed by atoms with E-state index in [0.717, 1.165) is 26.6 Å². The van der Waals surface area contributed by atoms with E-state index in [9.17, 15) is 0 Å². The van der Waals surface area contributed by atoms with Gasteiger partial charge in [-0.05, 0) is 40.9 Å². The Morgan fingerprint density at radius 3 is 2.74 bits per heavy atom. The van der Waals surface area contributed by atoms with Crippen molar-refractivity contribution in [1.29, 1.82) is 0 Å².